The predicted octanol–water partition coefficient (Wildman–Crippen LogP) is 5.06. The van der Waals surface area contributed by atoms with Gasteiger partial charge in [-0.05, 0) is 36.4 Å². The predicted molar refractivity (Wildman–Crippen MR) is 85.0 cm³/mol. The highest BCUT2D eigenvalue weighted by Gasteiger charge is 2.30. The molecule has 0 bridgehead atoms. The van der Waals surface area contributed by atoms with E-state index in [-0.39, 0.29) is 12.2 Å². The van der Waals surface area contributed by atoms with Crippen LogP contribution in [0.4, 0.5) is 24.5 Å². The van der Waals surface area contributed by atoms with Crippen molar-refractivity contribution in [1.82, 2.24) is 0 Å². The van der Waals surface area contributed by atoms with Crippen LogP contribution < -0.4 is 10.6 Å². The monoisotopic (exact) mass is 362 g/mol. The minimum atomic E-state index is -4.46. The molecule has 2 N–H and O–H groups in total. The molecule has 0 saturated heterocycles. The fraction of sp³-hybridized carbons (Fsp3) is 0.133. The van der Waals surface area contributed by atoms with E-state index >= 15 is 0 Å². The second-order valence-electron chi connectivity index (χ2n) is 4.60. The van der Waals surface area contributed by atoms with Crippen molar-refractivity contribution in [2.24, 2.45) is 0 Å². The second-order valence-corrected chi connectivity index (χ2v) is 5.45. The normalized spacial score (nSPS) is 11.2. The molecular formula is C15H11Cl2F3N2O. The number of hydrogen-bond donors (Lipinski definition) is 2. The Morgan fingerprint density at radius 2 is 1.83 bits per heavy atom. The van der Waals surface area contributed by atoms with Crippen molar-refractivity contribution in [1.29, 1.82) is 0 Å². The standard InChI is InChI=1S/C15H11Cl2F3N2O/c16-10-4-5-12(17)13(7-10)21-8-14(23)22-11-3-1-2-9(6-11)15(18,19)20/h1-7,21H,8H2,(H,22,23). The molecule has 0 aliphatic heterocycles. The summed E-state index contributed by atoms with van der Waals surface area (Å²) in [5, 5.41) is 5.97. The van der Waals surface area contributed by atoms with E-state index in [4.69, 9.17) is 23.2 Å². The number of amides is 1. The van der Waals surface area contributed by atoms with Crippen LogP contribution in [0, 0.1) is 0 Å². The van der Waals surface area contributed by atoms with Gasteiger partial charge in [0.1, 0.15) is 0 Å². The Bertz CT molecular complexity index is 720. The average molecular weight is 363 g/mol. The molecule has 0 fully saturated rings. The van der Waals surface area contributed by atoms with Gasteiger partial charge in [-0.1, -0.05) is 29.3 Å². The summed E-state index contributed by atoms with van der Waals surface area (Å²) in [6.45, 7) is -0.170. The number of rotatable bonds is 4. The van der Waals surface area contributed by atoms with Crippen LogP contribution in [0.2, 0.25) is 10.0 Å². The molecule has 2 aromatic rings. The lowest BCUT2D eigenvalue weighted by Crippen LogP contribution is -2.22. The van der Waals surface area contributed by atoms with E-state index < -0.39 is 17.6 Å². The van der Waals surface area contributed by atoms with Gasteiger partial charge in [-0.15, -0.1) is 0 Å². The van der Waals surface area contributed by atoms with Crippen LogP contribution in [0.25, 0.3) is 0 Å². The molecule has 2 rings (SSSR count). The Morgan fingerprint density at radius 3 is 2.52 bits per heavy atom. The maximum absolute atomic E-state index is 12.6. The van der Waals surface area contributed by atoms with Gasteiger partial charge in [-0.3, -0.25) is 4.79 Å². The Balaban J connectivity index is 1.99. The highest BCUT2D eigenvalue weighted by molar-refractivity contribution is 6.35. The SMILES string of the molecule is O=C(CNc1cc(Cl)ccc1Cl)Nc1cccc(C(F)(F)F)c1. The molecule has 8 heteroatoms. The molecule has 0 heterocycles. The molecule has 0 saturated carbocycles. The lowest BCUT2D eigenvalue weighted by Gasteiger charge is -2.11. The maximum atomic E-state index is 12.6. The summed E-state index contributed by atoms with van der Waals surface area (Å²) in [7, 11) is 0. The first kappa shape index (κ1) is 17.4. The molecule has 3 nitrogen and oxygen atoms in total. The summed E-state index contributed by atoms with van der Waals surface area (Å²) < 4.78 is 37.8. The lowest BCUT2D eigenvalue weighted by atomic mass is 10.2. The topological polar surface area (TPSA) is 41.1 Å². The molecule has 0 aromatic heterocycles. The largest absolute Gasteiger partial charge is 0.416 e. The van der Waals surface area contributed by atoms with Crippen molar-refractivity contribution in [2.45, 2.75) is 6.18 Å². The van der Waals surface area contributed by atoms with E-state index in [1.54, 1.807) is 18.2 Å². The van der Waals surface area contributed by atoms with Crippen LogP contribution in [0.15, 0.2) is 42.5 Å². The first-order valence-electron chi connectivity index (χ1n) is 6.42. The van der Waals surface area contributed by atoms with Gasteiger partial charge in [0, 0.05) is 10.7 Å². The van der Waals surface area contributed by atoms with E-state index in [1.807, 2.05) is 0 Å². The molecular weight excluding hydrogens is 352 g/mol. The zero-order chi connectivity index (χ0) is 17.0. The van der Waals surface area contributed by atoms with Crippen molar-refractivity contribution in [2.75, 3.05) is 17.2 Å². The first-order valence-corrected chi connectivity index (χ1v) is 7.17. The molecule has 1 amide bonds. The number of halogens is 5. The van der Waals surface area contributed by atoms with Crippen LogP contribution in [0.5, 0.6) is 0 Å². The number of nitrogens with one attached hydrogen (secondary N) is 2. The summed E-state index contributed by atoms with van der Waals surface area (Å²) in [5.41, 5.74) is -0.316. The van der Waals surface area contributed by atoms with E-state index in [0.717, 1.165) is 12.1 Å². The van der Waals surface area contributed by atoms with E-state index in [2.05, 4.69) is 10.6 Å². The Kier molecular flexibility index (Phi) is 5.38. The van der Waals surface area contributed by atoms with Gasteiger partial charge in [-0.25, -0.2) is 0 Å². The van der Waals surface area contributed by atoms with Crippen molar-refractivity contribution in [3.8, 4) is 0 Å². The number of benzene rings is 2. The van der Waals surface area contributed by atoms with Gasteiger partial charge < -0.3 is 10.6 Å². The van der Waals surface area contributed by atoms with Crippen LogP contribution >= 0.6 is 23.2 Å². The number of carbonyl (C=O) groups excluding carboxylic acids is 1. The number of carbonyl (C=O) groups is 1. The van der Waals surface area contributed by atoms with Crippen LogP contribution in [-0.2, 0) is 11.0 Å². The third kappa shape index (κ3) is 5.04. The van der Waals surface area contributed by atoms with Gasteiger partial charge in [0.2, 0.25) is 5.91 Å². The van der Waals surface area contributed by atoms with Crippen molar-refractivity contribution in [3.05, 3.63) is 58.1 Å². The Morgan fingerprint density at radius 1 is 1.09 bits per heavy atom. The van der Waals surface area contributed by atoms with E-state index in [9.17, 15) is 18.0 Å². The van der Waals surface area contributed by atoms with Crippen molar-refractivity contribution < 1.29 is 18.0 Å². The average Bonchev–Trinajstić information content (AvgIpc) is 2.47. The molecule has 0 aliphatic rings. The zero-order valence-electron chi connectivity index (χ0n) is 11.5. The fourth-order valence-corrected chi connectivity index (χ4v) is 2.14. The maximum Gasteiger partial charge on any atom is 0.416 e. The second kappa shape index (κ2) is 7.10. The molecule has 0 radical (unpaired) electrons. The minimum Gasteiger partial charge on any atom is -0.375 e. The molecule has 0 spiro atoms. The van der Waals surface area contributed by atoms with E-state index in [0.29, 0.717) is 15.7 Å². The third-order valence-electron chi connectivity index (χ3n) is 2.84. The van der Waals surface area contributed by atoms with Crippen molar-refractivity contribution in [3.63, 3.8) is 0 Å². The summed E-state index contributed by atoms with van der Waals surface area (Å²) in [6, 6.07) is 9.10. The Labute approximate surface area is 140 Å². The van der Waals surface area contributed by atoms with Gasteiger partial charge in [0.15, 0.2) is 0 Å². The van der Waals surface area contributed by atoms with Crippen LogP contribution in [0.1, 0.15) is 5.56 Å². The minimum absolute atomic E-state index is 0.0591. The summed E-state index contributed by atoms with van der Waals surface area (Å²) in [5.74, 6) is -0.514. The van der Waals surface area contributed by atoms with Gasteiger partial charge in [-0.2, -0.15) is 13.2 Å². The summed E-state index contributed by atoms with van der Waals surface area (Å²) >= 11 is 11.7. The molecule has 2 aromatic carbocycles. The molecule has 23 heavy (non-hydrogen) atoms. The smallest absolute Gasteiger partial charge is 0.375 e. The molecule has 0 unspecified atom stereocenters. The van der Waals surface area contributed by atoms with Crippen molar-refractivity contribution >= 4 is 40.5 Å². The lowest BCUT2D eigenvalue weighted by molar-refractivity contribution is -0.137. The number of anilines is 2. The number of alkyl halides is 3. The molecule has 122 valence electrons. The fourth-order valence-electron chi connectivity index (χ4n) is 1.79. The number of hydrogen-bond acceptors (Lipinski definition) is 2. The highest BCUT2D eigenvalue weighted by atomic mass is 35.5. The van der Waals surface area contributed by atoms with Gasteiger partial charge >= 0.3 is 6.18 Å². The highest BCUT2D eigenvalue weighted by Crippen LogP contribution is 2.30. The van der Waals surface area contributed by atoms with Gasteiger partial charge in [0.05, 0.1) is 22.8 Å². The molecule has 0 atom stereocenters. The van der Waals surface area contributed by atoms with E-state index in [1.165, 1.54) is 12.1 Å². The quantitative estimate of drug-likeness (QED) is 0.797. The van der Waals surface area contributed by atoms with Crippen LogP contribution in [0.3, 0.4) is 0 Å². The van der Waals surface area contributed by atoms with Crippen LogP contribution in [-0.4, -0.2) is 12.5 Å². The zero-order valence-corrected chi connectivity index (χ0v) is 13.1. The molecule has 0 aliphatic carbocycles. The van der Waals surface area contributed by atoms with Gasteiger partial charge in [0.25, 0.3) is 0 Å². The summed E-state index contributed by atoms with van der Waals surface area (Å²) in [4.78, 5) is 11.8. The third-order valence-corrected chi connectivity index (χ3v) is 3.41. The Hall–Kier alpha value is -1.92. The first-order chi connectivity index (χ1) is 10.8. The summed E-state index contributed by atoms with van der Waals surface area (Å²) in [6.07, 6.45) is -4.46.